The van der Waals surface area contributed by atoms with Crippen LogP contribution in [0.4, 0.5) is 4.79 Å². The van der Waals surface area contributed by atoms with Gasteiger partial charge in [-0.15, -0.1) is 11.6 Å². The molecule has 0 aromatic carbocycles. The molecule has 2 fully saturated rings. The molecule has 0 aliphatic carbocycles. The summed E-state index contributed by atoms with van der Waals surface area (Å²) in [6, 6.07) is 2.36. The van der Waals surface area contributed by atoms with Crippen LogP contribution >= 0.6 is 11.6 Å². The number of carbonyl (C=O) groups is 3. The van der Waals surface area contributed by atoms with Crippen molar-refractivity contribution in [1.82, 2.24) is 20.1 Å². The number of pyridine rings is 1. The molecule has 2 atom stereocenters. The molecular weight excluding hydrogens is 320 g/mol. The number of alkyl halides is 1. The second kappa shape index (κ2) is 6.54. The van der Waals surface area contributed by atoms with Crippen LogP contribution in [0.25, 0.3) is 0 Å². The van der Waals surface area contributed by atoms with E-state index < -0.39 is 6.04 Å². The van der Waals surface area contributed by atoms with Crippen molar-refractivity contribution in [1.29, 1.82) is 0 Å². The second-order valence-corrected chi connectivity index (χ2v) is 5.98. The number of nitrogens with one attached hydrogen (secondary N) is 1. The number of piperidine rings is 1. The third-order valence-corrected chi connectivity index (χ3v) is 4.39. The maximum atomic E-state index is 12.3. The summed E-state index contributed by atoms with van der Waals surface area (Å²) in [6.45, 7) is 0.676. The maximum Gasteiger partial charge on any atom is 0.327 e. The predicted octanol–water partition coefficient (Wildman–Crippen LogP) is 0.845. The van der Waals surface area contributed by atoms with Gasteiger partial charge in [0, 0.05) is 43.0 Å². The van der Waals surface area contributed by atoms with Crippen LogP contribution in [-0.4, -0.2) is 63.7 Å². The summed E-state index contributed by atoms with van der Waals surface area (Å²) in [5, 5.41) is 2.93. The number of hydrogen-bond acceptors (Lipinski definition) is 4. The Balaban J connectivity index is 1.65. The van der Waals surface area contributed by atoms with E-state index in [1.807, 2.05) is 0 Å². The van der Waals surface area contributed by atoms with Crippen LogP contribution in [0.1, 0.15) is 23.2 Å². The van der Waals surface area contributed by atoms with Gasteiger partial charge < -0.3 is 10.2 Å². The van der Waals surface area contributed by atoms with E-state index in [4.69, 9.17) is 11.6 Å². The molecule has 3 heterocycles. The summed E-state index contributed by atoms with van der Waals surface area (Å²) in [7, 11) is 0. The van der Waals surface area contributed by atoms with Gasteiger partial charge in [-0.1, -0.05) is 0 Å². The molecule has 2 saturated heterocycles. The van der Waals surface area contributed by atoms with Crippen molar-refractivity contribution in [3.05, 3.63) is 30.1 Å². The van der Waals surface area contributed by atoms with Crippen LogP contribution in [0, 0.1) is 0 Å². The molecule has 122 valence electrons. The van der Waals surface area contributed by atoms with Gasteiger partial charge in [-0.25, -0.2) is 4.79 Å². The summed E-state index contributed by atoms with van der Waals surface area (Å²) in [6.07, 6.45) is 4.17. The van der Waals surface area contributed by atoms with E-state index in [-0.39, 0.29) is 36.3 Å². The minimum atomic E-state index is -0.498. The quantitative estimate of drug-likeness (QED) is 0.652. The van der Waals surface area contributed by atoms with E-state index in [1.165, 1.54) is 4.90 Å². The number of imide groups is 1. The first-order valence-corrected chi connectivity index (χ1v) is 8.04. The molecule has 0 bridgehead atoms. The highest BCUT2D eigenvalue weighted by Crippen LogP contribution is 2.27. The second-order valence-electron chi connectivity index (χ2n) is 5.60. The molecule has 7 nitrogen and oxygen atoms in total. The fraction of sp³-hybridized carbons (Fsp3) is 0.467. The Kier molecular flexibility index (Phi) is 4.47. The summed E-state index contributed by atoms with van der Waals surface area (Å²) < 4.78 is 0. The average Bonchev–Trinajstić information content (AvgIpc) is 2.81. The topological polar surface area (TPSA) is 82.6 Å². The number of rotatable bonds is 4. The van der Waals surface area contributed by atoms with E-state index in [2.05, 4.69) is 10.3 Å². The van der Waals surface area contributed by atoms with Gasteiger partial charge in [0.15, 0.2) is 0 Å². The summed E-state index contributed by atoms with van der Waals surface area (Å²) in [5.41, 5.74) is 0.528. The smallest absolute Gasteiger partial charge is 0.327 e. The third-order valence-electron chi connectivity index (χ3n) is 4.22. The average molecular weight is 337 g/mol. The zero-order chi connectivity index (χ0) is 16.4. The first kappa shape index (κ1) is 15.7. The predicted molar refractivity (Wildman–Crippen MR) is 83.0 cm³/mol. The van der Waals surface area contributed by atoms with Crippen molar-refractivity contribution in [2.75, 3.05) is 19.0 Å². The van der Waals surface area contributed by atoms with E-state index in [0.717, 1.165) is 0 Å². The molecule has 8 heteroatoms. The lowest BCUT2D eigenvalue weighted by atomic mass is 9.97. The van der Waals surface area contributed by atoms with Gasteiger partial charge in [0.25, 0.3) is 11.8 Å². The van der Waals surface area contributed by atoms with Crippen LogP contribution in [-0.2, 0) is 4.79 Å². The van der Waals surface area contributed by atoms with Crippen molar-refractivity contribution in [3.8, 4) is 0 Å². The minimum Gasteiger partial charge on any atom is -0.349 e. The highest BCUT2D eigenvalue weighted by molar-refractivity contribution is 6.18. The first-order valence-electron chi connectivity index (χ1n) is 7.50. The molecular formula is C15H17ClN4O3. The molecule has 0 radical (unpaired) electrons. The Bertz CT molecular complexity index is 624. The molecule has 4 amide bonds. The molecule has 2 aliphatic heterocycles. The molecule has 1 N–H and O–H groups in total. The summed E-state index contributed by atoms with van der Waals surface area (Å²) >= 11 is 5.65. The van der Waals surface area contributed by atoms with Gasteiger partial charge >= 0.3 is 6.03 Å². The Morgan fingerprint density at radius 2 is 2.09 bits per heavy atom. The Morgan fingerprint density at radius 3 is 2.78 bits per heavy atom. The van der Waals surface area contributed by atoms with Gasteiger partial charge in [0.05, 0.1) is 0 Å². The van der Waals surface area contributed by atoms with Crippen LogP contribution in [0.5, 0.6) is 0 Å². The SMILES string of the molecule is O=C(NC1CCN2C(=O)N(CCCl)C(=O)C2C1)c1ccncc1. The van der Waals surface area contributed by atoms with Gasteiger partial charge in [0.2, 0.25) is 0 Å². The summed E-state index contributed by atoms with van der Waals surface area (Å²) in [4.78, 5) is 43.3. The zero-order valence-electron chi connectivity index (χ0n) is 12.4. The number of fused-ring (bicyclic) bond motifs is 1. The van der Waals surface area contributed by atoms with Crippen LogP contribution in [0.15, 0.2) is 24.5 Å². The van der Waals surface area contributed by atoms with Crippen molar-refractivity contribution >= 4 is 29.4 Å². The Labute approximate surface area is 138 Å². The van der Waals surface area contributed by atoms with E-state index in [9.17, 15) is 14.4 Å². The molecule has 2 aliphatic rings. The van der Waals surface area contributed by atoms with Crippen molar-refractivity contribution in [2.24, 2.45) is 0 Å². The number of nitrogens with zero attached hydrogens (tertiary/aromatic N) is 3. The molecule has 1 aromatic heterocycles. The number of urea groups is 1. The molecule has 0 saturated carbocycles. The minimum absolute atomic E-state index is 0.135. The Hall–Kier alpha value is -2.15. The molecule has 1 aromatic rings. The Morgan fingerprint density at radius 1 is 1.35 bits per heavy atom. The van der Waals surface area contributed by atoms with Gasteiger partial charge in [0.1, 0.15) is 6.04 Å². The first-order chi connectivity index (χ1) is 11.1. The fourth-order valence-corrected chi connectivity index (χ4v) is 3.22. The largest absolute Gasteiger partial charge is 0.349 e. The van der Waals surface area contributed by atoms with E-state index in [0.29, 0.717) is 24.9 Å². The zero-order valence-corrected chi connectivity index (χ0v) is 13.2. The molecule has 0 spiro atoms. The van der Waals surface area contributed by atoms with Crippen molar-refractivity contribution < 1.29 is 14.4 Å². The third kappa shape index (κ3) is 3.01. The number of aromatic nitrogens is 1. The lowest BCUT2D eigenvalue weighted by Gasteiger charge is -2.32. The molecule has 3 rings (SSSR count). The summed E-state index contributed by atoms with van der Waals surface area (Å²) in [5.74, 6) is -0.195. The van der Waals surface area contributed by atoms with Crippen LogP contribution in [0.2, 0.25) is 0 Å². The normalized spacial score (nSPS) is 23.9. The molecule has 2 unspecified atom stereocenters. The van der Waals surface area contributed by atoms with Crippen LogP contribution < -0.4 is 5.32 Å². The van der Waals surface area contributed by atoms with E-state index in [1.54, 1.807) is 29.4 Å². The standard InChI is InChI=1S/C15H17ClN4O3/c16-4-8-20-14(22)12-9-11(3-7-19(12)15(20)23)18-13(21)10-1-5-17-6-2-10/h1-2,5-6,11-12H,3-4,7-9H2,(H,18,21). The maximum absolute atomic E-state index is 12.3. The highest BCUT2D eigenvalue weighted by Gasteiger charge is 2.47. The fourth-order valence-electron chi connectivity index (χ4n) is 3.05. The number of hydrogen-bond donors (Lipinski definition) is 1. The van der Waals surface area contributed by atoms with Gasteiger partial charge in [-0.3, -0.25) is 19.5 Å². The van der Waals surface area contributed by atoms with Crippen molar-refractivity contribution in [3.63, 3.8) is 0 Å². The number of carbonyl (C=O) groups excluding carboxylic acids is 3. The van der Waals surface area contributed by atoms with Gasteiger partial charge in [-0.05, 0) is 25.0 Å². The number of amides is 4. The lowest BCUT2D eigenvalue weighted by Crippen LogP contribution is -2.49. The molecule has 23 heavy (non-hydrogen) atoms. The van der Waals surface area contributed by atoms with Gasteiger partial charge in [-0.2, -0.15) is 0 Å². The highest BCUT2D eigenvalue weighted by atomic mass is 35.5. The van der Waals surface area contributed by atoms with Crippen LogP contribution in [0.3, 0.4) is 0 Å². The van der Waals surface area contributed by atoms with Crippen molar-refractivity contribution in [2.45, 2.75) is 24.9 Å². The number of halogens is 1. The lowest BCUT2D eigenvalue weighted by molar-refractivity contribution is -0.128. The monoisotopic (exact) mass is 336 g/mol. The van der Waals surface area contributed by atoms with E-state index >= 15 is 0 Å².